The van der Waals surface area contributed by atoms with Gasteiger partial charge < -0.3 is 4.74 Å². The molecule has 1 fully saturated rings. The van der Waals surface area contributed by atoms with E-state index in [-0.39, 0.29) is 0 Å². The molecule has 3 heterocycles. The van der Waals surface area contributed by atoms with Gasteiger partial charge in [-0.05, 0) is 24.1 Å². The van der Waals surface area contributed by atoms with Crippen molar-refractivity contribution in [3.8, 4) is 0 Å². The Bertz CT molecular complexity index is 836. The molecule has 1 saturated heterocycles. The molecule has 4 rings (SSSR count). The molecule has 2 aromatic heterocycles. The van der Waals surface area contributed by atoms with Crippen molar-refractivity contribution in [2.75, 3.05) is 26.3 Å². The monoisotopic (exact) mass is 322 g/mol. The summed E-state index contributed by atoms with van der Waals surface area (Å²) in [4.78, 5) is 7.04. The number of fused-ring (bicyclic) bond motifs is 1. The van der Waals surface area contributed by atoms with Gasteiger partial charge in [0.1, 0.15) is 0 Å². The highest BCUT2D eigenvalue weighted by atomic mass is 16.5. The highest BCUT2D eigenvalue weighted by Gasteiger charge is 2.12. The fraction of sp³-hybridized carbons (Fsp3) is 0.368. The molecular weight excluding hydrogens is 300 g/mol. The third kappa shape index (κ3) is 3.18. The van der Waals surface area contributed by atoms with Gasteiger partial charge in [0.25, 0.3) is 0 Å². The minimum absolute atomic E-state index is 0.828. The second-order valence-electron chi connectivity index (χ2n) is 6.39. The summed E-state index contributed by atoms with van der Waals surface area (Å²) < 4.78 is 5.43. The number of hydrogen-bond donors (Lipinski definition) is 1. The van der Waals surface area contributed by atoms with Crippen LogP contribution in [0.5, 0.6) is 0 Å². The normalized spacial score (nSPS) is 15.9. The molecule has 5 heteroatoms. The van der Waals surface area contributed by atoms with Crippen LogP contribution < -0.4 is 0 Å². The van der Waals surface area contributed by atoms with Crippen LogP contribution in [-0.2, 0) is 17.7 Å². The van der Waals surface area contributed by atoms with E-state index < -0.39 is 0 Å². The van der Waals surface area contributed by atoms with Gasteiger partial charge in [-0.15, -0.1) is 0 Å². The quantitative estimate of drug-likeness (QED) is 0.802. The first-order chi connectivity index (χ1) is 11.8. The smallest absolute Gasteiger partial charge is 0.0957 e. The van der Waals surface area contributed by atoms with Crippen LogP contribution in [0.2, 0.25) is 0 Å². The largest absolute Gasteiger partial charge is 0.379 e. The van der Waals surface area contributed by atoms with E-state index >= 15 is 0 Å². The summed E-state index contributed by atoms with van der Waals surface area (Å²) in [5.74, 6) is 0. The molecule has 0 spiro atoms. The van der Waals surface area contributed by atoms with Crippen molar-refractivity contribution in [2.45, 2.75) is 19.9 Å². The number of morpholine rings is 1. The molecule has 124 valence electrons. The summed E-state index contributed by atoms with van der Waals surface area (Å²) in [6.07, 6.45) is 2.67. The lowest BCUT2D eigenvalue weighted by Gasteiger charge is -2.26. The van der Waals surface area contributed by atoms with Crippen LogP contribution in [-0.4, -0.2) is 46.4 Å². The highest BCUT2D eigenvalue weighted by molar-refractivity contribution is 5.83. The van der Waals surface area contributed by atoms with E-state index in [0.29, 0.717) is 0 Å². The second-order valence-corrected chi connectivity index (χ2v) is 6.39. The highest BCUT2D eigenvalue weighted by Crippen LogP contribution is 2.21. The van der Waals surface area contributed by atoms with Crippen molar-refractivity contribution in [1.82, 2.24) is 20.1 Å². The number of aromatic amines is 1. The molecule has 3 aromatic rings. The number of hydrogen-bond acceptors (Lipinski definition) is 4. The number of nitrogens with zero attached hydrogens (tertiary/aromatic N) is 3. The van der Waals surface area contributed by atoms with Gasteiger partial charge in [0.05, 0.1) is 24.4 Å². The van der Waals surface area contributed by atoms with Gasteiger partial charge in [0.15, 0.2) is 0 Å². The number of nitrogens with one attached hydrogen (secondary N) is 1. The number of ether oxygens (including phenoxy) is 1. The van der Waals surface area contributed by atoms with Crippen molar-refractivity contribution in [3.05, 3.63) is 59.0 Å². The summed E-state index contributed by atoms with van der Waals surface area (Å²) in [7, 11) is 0. The number of aryl methyl sites for hydroxylation is 1. The topological polar surface area (TPSA) is 54.0 Å². The van der Waals surface area contributed by atoms with Crippen molar-refractivity contribution < 1.29 is 4.74 Å². The molecule has 1 aromatic carbocycles. The SMILES string of the molecule is Cc1[nH]nc2ccnc(Cc3cccc(CN4CCOCC4)c3)c12. The van der Waals surface area contributed by atoms with Crippen LogP contribution in [0.25, 0.3) is 10.9 Å². The van der Waals surface area contributed by atoms with Crippen molar-refractivity contribution in [3.63, 3.8) is 0 Å². The van der Waals surface area contributed by atoms with Crippen LogP contribution in [0.15, 0.2) is 36.5 Å². The summed E-state index contributed by atoms with van der Waals surface area (Å²) >= 11 is 0. The molecule has 0 saturated carbocycles. The van der Waals surface area contributed by atoms with E-state index in [9.17, 15) is 0 Å². The molecule has 1 N–H and O–H groups in total. The van der Waals surface area contributed by atoms with Crippen LogP contribution >= 0.6 is 0 Å². The molecule has 0 atom stereocenters. The molecule has 24 heavy (non-hydrogen) atoms. The van der Waals surface area contributed by atoms with Gasteiger partial charge in [-0.1, -0.05) is 24.3 Å². The zero-order chi connectivity index (χ0) is 16.4. The van der Waals surface area contributed by atoms with Crippen LogP contribution in [0, 0.1) is 6.92 Å². The molecule has 0 unspecified atom stereocenters. The molecule has 0 radical (unpaired) electrons. The molecule has 5 nitrogen and oxygen atoms in total. The first-order valence-corrected chi connectivity index (χ1v) is 8.46. The van der Waals surface area contributed by atoms with Crippen molar-refractivity contribution in [1.29, 1.82) is 0 Å². The molecule has 1 aliphatic rings. The Balaban J connectivity index is 1.56. The Hall–Kier alpha value is -2.24. The second kappa shape index (κ2) is 6.71. The number of rotatable bonds is 4. The van der Waals surface area contributed by atoms with Crippen molar-refractivity contribution in [2.24, 2.45) is 0 Å². The molecule has 0 amide bonds. The molecule has 0 aliphatic carbocycles. The number of benzene rings is 1. The van der Waals surface area contributed by atoms with Crippen LogP contribution in [0.3, 0.4) is 0 Å². The minimum atomic E-state index is 0.828. The summed E-state index contributed by atoms with van der Waals surface area (Å²) in [5, 5.41) is 8.54. The van der Waals surface area contributed by atoms with Gasteiger partial charge in [0.2, 0.25) is 0 Å². The van der Waals surface area contributed by atoms with Crippen LogP contribution in [0.4, 0.5) is 0 Å². The summed E-state index contributed by atoms with van der Waals surface area (Å²) in [6.45, 7) is 6.74. The Labute approximate surface area is 141 Å². The Morgan fingerprint density at radius 1 is 1.17 bits per heavy atom. The molecule has 1 aliphatic heterocycles. The number of aromatic nitrogens is 3. The summed E-state index contributed by atoms with van der Waals surface area (Å²) in [6, 6.07) is 10.8. The fourth-order valence-corrected chi connectivity index (χ4v) is 3.38. The van der Waals surface area contributed by atoms with E-state index in [1.54, 1.807) is 0 Å². The van der Waals surface area contributed by atoms with Gasteiger partial charge in [-0.3, -0.25) is 15.0 Å². The first-order valence-electron chi connectivity index (χ1n) is 8.46. The van der Waals surface area contributed by atoms with Crippen molar-refractivity contribution >= 4 is 10.9 Å². The zero-order valence-corrected chi connectivity index (χ0v) is 14.0. The lowest BCUT2D eigenvalue weighted by Crippen LogP contribution is -2.35. The van der Waals surface area contributed by atoms with Gasteiger partial charge in [-0.2, -0.15) is 5.10 Å². The molecule has 0 bridgehead atoms. The van der Waals surface area contributed by atoms with Crippen LogP contribution in [0.1, 0.15) is 22.5 Å². The number of pyridine rings is 1. The lowest BCUT2D eigenvalue weighted by molar-refractivity contribution is 0.0342. The lowest BCUT2D eigenvalue weighted by atomic mass is 10.0. The number of H-pyrrole nitrogens is 1. The Morgan fingerprint density at radius 3 is 2.88 bits per heavy atom. The molecular formula is C19H22N4O. The van der Waals surface area contributed by atoms with E-state index in [4.69, 9.17) is 4.74 Å². The predicted molar refractivity (Wildman–Crippen MR) is 94.0 cm³/mol. The van der Waals surface area contributed by atoms with E-state index in [2.05, 4.69) is 51.3 Å². The Kier molecular flexibility index (Phi) is 4.28. The predicted octanol–water partition coefficient (Wildman–Crippen LogP) is 2.69. The van der Waals surface area contributed by atoms with E-state index in [0.717, 1.165) is 61.6 Å². The van der Waals surface area contributed by atoms with Gasteiger partial charge >= 0.3 is 0 Å². The zero-order valence-electron chi connectivity index (χ0n) is 14.0. The minimum Gasteiger partial charge on any atom is -0.379 e. The third-order valence-electron chi connectivity index (χ3n) is 4.60. The van der Waals surface area contributed by atoms with E-state index in [1.165, 1.54) is 11.1 Å². The standard InChI is InChI=1S/C19H22N4O/c1-14-19-17(22-21-14)5-6-20-18(19)12-15-3-2-4-16(11-15)13-23-7-9-24-10-8-23/h2-6,11H,7-10,12-13H2,1H3,(H,21,22). The first kappa shape index (κ1) is 15.3. The summed E-state index contributed by atoms with van der Waals surface area (Å²) in [5.41, 5.74) is 5.80. The fourth-order valence-electron chi connectivity index (χ4n) is 3.38. The Morgan fingerprint density at radius 2 is 2.00 bits per heavy atom. The maximum atomic E-state index is 5.43. The average molecular weight is 322 g/mol. The third-order valence-corrected chi connectivity index (χ3v) is 4.60. The van der Waals surface area contributed by atoms with Gasteiger partial charge in [-0.25, -0.2) is 0 Å². The maximum absolute atomic E-state index is 5.43. The average Bonchev–Trinajstić information content (AvgIpc) is 2.99. The maximum Gasteiger partial charge on any atom is 0.0957 e. The van der Waals surface area contributed by atoms with Gasteiger partial charge in [0, 0.05) is 43.3 Å². The van der Waals surface area contributed by atoms with E-state index in [1.807, 2.05) is 12.3 Å².